The van der Waals surface area contributed by atoms with Crippen LogP contribution in [0.15, 0.2) is 66.7 Å². The van der Waals surface area contributed by atoms with Gasteiger partial charge in [0.1, 0.15) is 17.3 Å². The number of hydrogen-bond donors (Lipinski definition) is 7. The first kappa shape index (κ1) is 36.1. The standard InChI is InChI=1S/C33H40N5O9P/c34-28(39)17-27(31(35)42)37-32(43)33(14-4-1-5-15-33)38-29(40)18-26(23-10-8-21(9-11-23)20-48(44,45)46)36-30(41)19-47-25-13-12-22-6-2-3-7-24(22)16-25/h2-3,6-13,16,26-27H,1,4-5,14-15,17-20H2,(H2,34,39)(H2,35,42)(H,36,41)(H,37,43)(H,38,40)(H2,44,45,46)/t26-,27-/m0/s1. The molecule has 0 heterocycles. The summed E-state index contributed by atoms with van der Waals surface area (Å²) in [6, 6.07) is 16.9. The molecule has 3 aromatic carbocycles. The van der Waals surface area contributed by atoms with Gasteiger partial charge in [0.2, 0.25) is 23.6 Å². The third-order valence-electron chi connectivity index (χ3n) is 8.16. The second-order valence-corrected chi connectivity index (χ2v) is 13.6. The van der Waals surface area contributed by atoms with Gasteiger partial charge < -0.3 is 41.9 Å². The normalized spacial score (nSPS) is 15.5. The summed E-state index contributed by atoms with van der Waals surface area (Å²) >= 11 is 0. The smallest absolute Gasteiger partial charge is 0.329 e. The average molecular weight is 682 g/mol. The first-order chi connectivity index (χ1) is 22.7. The highest BCUT2D eigenvalue weighted by Crippen LogP contribution is 2.39. The molecule has 4 rings (SSSR count). The van der Waals surface area contributed by atoms with Crippen molar-refractivity contribution in [2.75, 3.05) is 6.61 Å². The summed E-state index contributed by atoms with van der Waals surface area (Å²) in [5.74, 6) is -3.12. The number of carbonyl (C=O) groups excluding carboxylic acids is 5. The highest BCUT2D eigenvalue weighted by Gasteiger charge is 2.42. The summed E-state index contributed by atoms with van der Waals surface area (Å²) < 4.78 is 17.2. The lowest BCUT2D eigenvalue weighted by Crippen LogP contribution is -2.62. The van der Waals surface area contributed by atoms with Gasteiger partial charge in [-0.3, -0.25) is 28.5 Å². The molecule has 0 saturated heterocycles. The maximum Gasteiger partial charge on any atom is 0.329 e. The third kappa shape index (κ3) is 10.4. The van der Waals surface area contributed by atoms with E-state index < -0.39 is 67.3 Å². The lowest BCUT2D eigenvalue weighted by molar-refractivity contribution is -0.138. The molecule has 0 radical (unpaired) electrons. The summed E-state index contributed by atoms with van der Waals surface area (Å²) in [4.78, 5) is 82.3. The molecule has 0 aliphatic heterocycles. The number of nitrogens with one attached hydrogen (secondary N) is 3. The molecule has 15 heteroatoms. The molecule has 1 aliphatic carbocycles. The fraction of sp³-hybridized carbons (Fsp3) is 0.364. The fourth-order valence-corrected chi connectivity index (χ4v) is 6.46. The molecule has 48 heavy (non-hydrogen) atoms. The van der Waals surface area contributed by atoms with Crippen LogP contribution in [0.25, 0.3) is 10.8 Å². The largest absolute Gasteiger partial charge is 0.484 e. The monoisotopic (exact) mass is 681 g/mol. The molecule has 2 atom stereocenters. The van der Waals surface area contributed by atoms with E-state index in [1.54, 1.807) is 24.3 Å². The molecule has 1 fully saturated rings. The van der Waals surface area contributed by atoms with Crippen LogP contribution in [0.2, 0.25) is 0 Å². The van der Waals surface area contributed by atoms with Crippen molar-refractivity contribution in [3.05, 3.63) is 77.9 Å². The number of amides is 5. The zero-order chi connectivity index (χ0) is 34.9. The van der Waals surface area contributed by atoms with Crippen LogP contribution in [-0.2, 0) is 34.7 Å². The van der Waals surface area contributed by atoms with Gasteiger partial charge in [-0.2, -0.15) is 0 Å². The Balaban J connectivity index is 1.51. The van der Waals surface area contributed by atoms with Crippen molar-refractivity contribution in [1.82, 2.24) is 16.0 Å². The van der Waals surface area contributed by atoms with Gasteiger partial charge in [0.05, 0.1) is 25.0 Å². The van der Waals surface area contributed by atoms with Gasteiger partial charge in [0.25, 0.3) is 5.91 Å². The number of rotatable bonds is 15. The molecule has 5 amide bonds. The van der Waals surface area contributed by atoms with Crippen LogP contribution in [-0.4, -0.2) is 57.5 Å². The van der Waals surface area contributed by atoms with E-state index in [1.165, 1.54) is 12.1 Å². The first-order valence-electron chi connectivity index (χ1n) is 15.5. The number of primary amides is 2. The summed E-state index contributed by atoms with van der Waals surface area (Å²) in [5.41, 5.74) is 10.0. The number of benzene rings is 3. The van der Waals surface area contributed by atoms with E-state index in [9.17, 15) is 38.3 Å². The number of nitrogens with two attached hydrogens (primary N) is 2. The predicted octanol–water partition coefficient (Wildman–Crippen LogP) is 1.81. The quantitative estimate of drug-likeness (QED) is 0.116. The van der Waals surface area contributed by atoms with Crippen LogP contribution in [0.5, 0.6) is 5.75 Å². The van der Waals surface area contributed by atoms with Crippen molar-refractivity contribution in [3.8, 4) is 5.75 Å². The van der Waals surface area contributed by atoms with E-state index in [0.717, 1.165) is 17.2 Å². The SMILES string of the molecule is NC(=O)C[C@H](NC(=O)C1(NC(=O)C[C@H](NC(=O)COc2ccc3ccccc3c2)c2ccc(CP(=O)(O)O)cc2)CCCCC1)C(N)=O. The van der Waals surface area contributed by atoms with Crippen LogP contribution in [0, 0.1) is 0 Å². The van der Waals surface area contributed by atoms with Crippen molar-refractivity contribution in [1.29, 1.82) is 0 Å². The van der Waals surface area contributed by atoms with Gasteiger partial charge in [-0.1, -0.05) is 73.9 Å². The second-order valence-electron chi connectivity index (χ2n) is 12.0. The molecule has 3 aromatic rings. The molecule has 1 saturated carbocycles. The highest BCUT2D eigenvalue weighted by atomic mass is 31.2. The first-order valence-corrected chi connectivity index (χ1v) is 17.3. The Morgan fingerprint density at radius 1 is 0.833 bits per heavy atom. The molecular formula is C33H40N5O9P. The summed E-state index contributed by atoms with van der Waals surface area (Å²) in [7, 11) is -4.33. The van der Waals surface area contributed by atoms with E-state index in [1.807, 2.05) is 30.3 Å². The molecule has 0 spiro atoms. The summed E-state index contributed by atoms with van der Waals surface area (Å²) in [6.07, 6.45) is 1.27. The Hall–Kier alpha value is -4.78. The lowest BCUT2D eigenvalue weighted by Gasteiger charge is -2.37. The Kier molecular flexibility index (Phi) is 11.9. The molecule has 256 valence electrons. The van der Waals surface area contributed by atoms with Crippen LogP contribution in [0.1, 0.15) is 62.1 Å². The number of fused-ring (bicyclic) bond motifs is 1. The van der Waals surface area contributed by atoms with E-state index in [2.05, 4.69) is 16.0 Å². The minimum absolute atomic E-state index is 0.264. The number of carbonyl (C=O) groups is 5. The molecule has 1 aliphatic rings. The van der Waals surface area contributed by atoms with Gasteiger partial charge in [0.15, 0.2) is 6.61 Å². The Bertz CT molecular complexity index is 1700. The molecular weight excluding hydrogens is 641 g/mol. The van der Waals surface area contributed by atoms with Crippen molar-refractivity contribution in [2.45, 2.75) is 68.7 Å². The number of ether oxygens (including phenoxy) is 1. The van der Waals surface area contributed by atoms with Gasteiger partial charge >= 0.3 is 7.60 Å². The van der Waals surface area contributed by atoms with E-state index in [4.69, 9.17) is 16.2 Å². The average Bonchev–Trinajstić information content (AvgIpc) is 3.02. The molecule has 9 N–H and O–H groups in total. The third-order valence-corrected chi connectivity index (χ3v) is 8.94. The lowest BCUT2D eigenvalue weighted by atomic mass is 9.80. The van der Waals surface area contributed by atoms with E-state index in [0.29, 0.717) is 29.7 Å². The van der Waals surface area contributed by atoms with Crippen molar-refractivity contribution >= 4 is 47.9 Å². The maximum absolute atomic E-state index is 13.6. The molecule has 0 bridgehead atoms. The zero-order valence-electron chi connectivity index (χ0n) is 26.2. The van der Waals surface area contributed by atoms with Crippen molar-refractivity contribution in [2.24, 2.45) is 11.5 Å². The topological polar surface area (TPSA) is 240 Å². The molecule has 0 unspecified atom stereocenters. The van der Waals surface area contributed by atoms with Crippen molar-refractivity contribution < 1.29 is 43.1 Å². The molecule has 0 aromatic heterocycles. The minimum atomic E-state index is -4.33. The Morgan fingerprint density at radius 3 is 2.12 bits per heavy atom. The van der Waals surface area contributed by atoms with Gasteiger partial charge in [-0.25, -0.2) is 0 Å². The molecule has 14 nitrogen and oxygen atoms in total. The fourth-order valence-electron chi connectivity index (χ4n) is 5.78. The van der Waals surface area contributed by atoms with E-state index in [-0.39, 0.29) is 25.9 Å². The summed E-state index contributed by atoms with van der Waals surface area (Å²) in [6.45, 7) is -0.368. The van der Waals surface area contributed by atoms with Crippen LogP contribution in [0.4, 0.5) is 0 Å². The van der Waals surface area contributed by atoms with Crippen LogP contribution in [0.3, 0.4) is 0 Å². The van der Waals surface area contributed by atoms with Gasteiger partial charge in [-0.15, -0.1) is 0 Å². The minimum Gasteiger partial charge on any atom is -0.484 e. The second kappa shape index (κ2) is 15.9. The van der Waals surface area contributed by atoms with Gasteiger partial charge in [0, 0.05) is 0 Å². The Morgan fingerprint density at radius 2 is 1.50 bits per heavy atom. The predicted molar refractivity (Wildman–Crippen MR) is 176 cm³/mol. The Labute approximate surface area is 277 Å². The van der Waals surface area contributed by atoms with Crippen LogP contribution < -0.4 is 32.2 Å². The maximum atomic E-state index is 13.6. The number of hydrogen-bond acceptors (Lipinski definition) is 7. The van der Waals surface area contributed by atoms with E-state index >= 15 is 0 Å². The van der Waals surface area contributed by atoms with Crippen LogP contribution >= 0.6 is 7.60 Å². The highest BCUT2D eigenvalue weighted by molar-refractivity contribution is 7.50. The summed E-state index contributed by atoms with van der Waals surface area (Å²) in [5, 5.41) is 10.0. The zero-order valence-corrected chi connectivity index (χ0v) is 27.1. The van der Waals surface area contributed by atoms with Gasteiger partial charge in [-0.05, 0) is 46.9 Å². The van der Waals surface area contributed by atoms with Crippen molar-refractivity contribution in [3.63, 3.8) is 0 Å².